The smallest absolute Gasteiger partial charge is 0.275 e. The normalized spacial score (nSPS) is 12.8. The number of nitrogen functional groups attached to an aromatic ring is 1. The van der Waals surface area contributed by atoms with E-state index in [-0.39, 0.29) is 11.9 Å². The summed E-state index contributed by atoms with van der Waals surface area (Å²) in [5.74, 6) is 5.07. The third kappa shape index (κ3) is 3.41. The molecule has 0 aliphatic carbocycles. The molecule has 6 heteroatoms. The molecular weight excluding hydrogens is 286 g/mol. The Hall–Kier alpha value is -1.47. The lowest BCUT2D eigenvalue weighted by Crippen LogP contribution is -2.34. The molecule has 21 heavy (non-hydrogen) atoms. The van der Waals surface area contributed by atoms with E-state index in [4.69, 9.17) is 10.6 Å². The van der Waals surface area contributed by atoms with Gasteiger partial charge in [0.25, 0.3) is 5.91 Å². The van der Waals surface area contributed by atoms with Gasteiger partial charge in [0.05, 0.1) is 11.5 Å². The van der Waals surface area contributed by atoms with Crippen LogP contribution in [0, 0.1) is 0 Å². The molecule has 1 unspecified atom stereocenters. The average molecular weight is 307 g/mol. The van der Waals surface area contributed by atoms with Crippen molar-refractivity contribution in [2.45, 2.75) is 19.5 Å². The van der Waals surface area contributed by atoms with Crippen molar-refractivity contribution in [1.82, 2.24) is 10.3 Å². The van der Waals surface area contributed by atoms with Gasteiger partial charge in [-0.1, -0.05) is 18.2 Å². The second-order valence-electron chi connectivity index (χ2n) is 5.10. The van der Waals surface area contributed by atoms with E-state index in [0.717, 1.165) is 15.6 Å². The number of hydrogen-bond donors (Lipinski definition) is 2. The minimum Gasteiger partial charge on any atom is -0.383 e. The standard InChI is InChI=1S/C15H21N3O2S/c1-10(9-20-3)18(2)8-12-11-6-4-5-7-13(11)21-14(12)15(19)17-16/h4-7,10H,8-9,16H2,1-3H3,(H,17,19). The Morgan fingerprint density at radius 3 is 2.86 bits per heavy atom. The lowest BCUT2D eigenvalue weighted by molar-refractivity contribution is 0.0952. The summed E-state index contributed by atoms with van der Waals surface area (Å²) in [5.41, 5.74) is 3.26. The van der Waals surface area contributed by atoms with Gasteiger partial charge >= 0.3 is 0 Å². The van der Waals surface area contributed by atoms with E-state index in [1.54, 1.807) is 7.11 Å². The summed E-state index contributed by atoms with van der Waals surface area (Å²) >= 11 is 1.47. The first-order valence-electron chi connectivity index (χ1n) is 6.79. The number of methoxy groups -OCH3 is 1. The molecule has 1 aromatic heterocycles. The van der Waals surface area contributed by atoms with Crippen molar-refractivity contribution in [1.29, 1.82) is 0 Å². The fourth-order valence-corrected chi connectivity index (χ4v) is 3.40. The molecule has 1 heterocycles. The zero-order valence-electron chi connectivity index (χ0n) is 12.6. The molecule has 0 radical (unpaired) electrons. The molecule has 3 N–H and O–H groups in total. The lowest BCUT2D eigenvalue weighted by Gasteiger charge is -2.24. The molecule has 114 valence electrons. The first-order chi connectivity index (χ1) is 10.1. The number of hydrazine groups is 1. The monoisotopic (exact) mass is 307 g/mol. The largest absolute Gasteiger partial charge is 0.383 e. The van der Waals surface area contributed by atoms with Crippen LogP contribution in [0.4, 0.5) is 0 Å². The molecule has 0 aliphatic heterocycles. The van der Waals surface area contributed by atoms with Crippen LogP contribution >= 0.6 is 11.3 Å². The zero-order chi connectivity index (χ0) is 15.4. The fourth-order valence-electron chi connectivity index (χ4n) is 2.28. The molecule has 0 aliphatic rings. The predicted octanol–water partition coefficient (Wildman–Crippen LogP) is 1.97. The number of nitrogens with one attached hydrogen (secondary N) is 1. The second kappa shape index (κ2) is 7.00. The number of benzene rings is 1. The van der Waals surface area contributed by atoms with Gasteiger partial charge in [-0.05, 0) is 31.0 Å². The molecule has 1 amide bonds. The minimum absolute atomic E-state index is 0.237. The van der Waals surface area contributed by atoms with Crippen molar-refractivity contribution in [2.75, 3.05) is 20.8 Å². The van der Waals surface area contributed by atoms with Crippen LogP contribution in [-0.2, 0) is 11.3 Å². The Morgan fingerprint density at radius 1 is 1.48 bits per heavy atom. The number of nitrogens with zero attached hydrogens (tertiary/aromatic N) is 1. The van der Waals surface area contributed by atoms with Gasteiger partial charge in [0.2, 0.25) is 0 Å². The molecule has 0 spiro atoms. The highest BCUT2D eigenvalue weighted by molar-refractivity contribution is 7.21. The van der Waals surface area contributed by atoms with Crippen LogP contribution in [0.1, 0.15) is 22.2 Å². The van der Waals surface area contributed by atoms with Crippen molar-refractivity contribution in [3.63, 3.8) is 0 Å². The number of carbonyl (C=O) groups excluding carboxylic acids is 1. The Bertz CT molecular complexity index is 626. The van der Waals surface area contributed by atoms with Gasteiger partial charge in [0.1, 0.15) is 0 Å². The number of hydrogen-bond acceptors (Lipinski definition) is 5. The molecule has 2 aromatic rings. The van der Waals surface area contributed by atoms with E-state index >= 15 is 0 Å². The third-order valence-corrected chi connectivity index (χ3v) is 4.82. The number of ether oxygens (including phenoxy) is 1. The minimum atomic E-state index is -0.237. The summed E-state index contributed by atoms with van der Waals surface area (Å²) < 4.78 is 6.29. The van der Waals surface area contributed by atoms with Gasteiger partial charge in [0, 0.05) is 24.4 Å². The average Bonchev–Trinajstić information content (AvgIpc) is 2.85. The molecule has 0 bridgehead atoms. The summed E-state index contributed by atoms with van der Waals surface area (Å²) in [7, 11) is 3.72. The Kier molecular flexibility index (Phi) is 5.30. The van der Waals surface area contributed by atoms with Gasteiger partial charge in [-0.25, -0.2) is 5.84 Å². The summed E-state index contributed by atoms with van der Waals surface area (Å²) in [6.45, 7) is 3.43. The maximum absolute atomic E-state index is 12.0. The van der Waals surface area contributed by atoms with Crippen molar-refractivity contribution < 1.29 is 9.53 Å². The van der Waals surface area contributed by atoms with E-state index in [1.807, 2.05) is 31.3 Å². The Balaban J connectivity index is 2.38. The van der Waals surface area contributed by atoms with E-state index in [0.29, 0.717) is 18.0 Å². The summed E-state index contributed by atoms with van der Waals surface area (Å²) in [6.07, 6.45) is 0. The van der Waals surface area contributed by atoms with Crippen molar-refractivity contribution in [2.24, 2.45) is 5.84 Å². The fraction of sp³-hybridized carbons (Fsp3) is 0.400. The van der Waals surface area contributed by atoms with E-state index in [9.17, 15) is 4.79 Å². The lowest BCUT2D eigenvalue weighted by atomic mass is 10.1. The SMILES string of the molecule is COCC(C)N(C)Cc1c(C(=O)NN)sc2ccccc12. The molecule has 5 nitrogen and oxygen atoms in total. The van der Waals surface area contributed by atoms with E-state index in [1.165, 1.54) is 11.3 Å². The van der Waals surface area contributed by atoms with Gasteiger partial charge in [0.15, 0.2) is 0 Å². The van der Waals surface area contributed by atoms with Gasteiger partial charge in [-0.3, -0.25) is 15.1 Å². The molecule has 0 saturated carbocycles. The zero-order valence-corrected chi connectivity index (χ0v) is 13.4. The summed E-state index contributed by atoms with van der Waals surface area (Å²) in [4.78, 5) is 14.9. The van der Waals surface area contributed by atoms with Gasteiger partial charge in [-0.2, -0.15) is 0 Å². The number of likely N-dealkylation sites (N-methyl/N-ethyl adjacent to an activating group) is 1. The quantitative estimate of drug-likeness (QED) is 0.486. The van der Waals surface area contributed by atoms with Crippen LogP contribution in [-0.4, -0.2) is 37.6 Å². The van der Waals surface area contributed by atoms with Crippen molar-refractivity contribution >= 4 is 27.3 Å². The van der Waals surface area contributed by atoms with Crippen LogP contribution in [0.2, 0.25) is 0 Å². The van der Waals surface area contributed by atoms with Crippen LogP contribution in [0.15, 0.2) is 24.3 Å². The van der Waals surface area contributed by atoms with E-state index in [2.05, 4.69) is 17.2 Å². The third-order valence-electron chi connectivity index (χ3n) is 3.60. The topological polar surface area (TPSA) is 67.6 Å². The van der Waals surface area contributed by atoms with Crippen LogP contribution < -0.4 is 11.3 Å². The van der Waals surface area contributed by atoms with Crippen LogP contribution in [0.3, 0.4) is 0 Å². The second-order valence-corrected chi connectivity index (χ2v) is 6.15. The molecule has 0 fully saturated rings. The van der Waals surface area contributed by atoms with Gasteiger partial charge in [-0.15, -0.1) is 11.3 Å². The highest BCUT2D eigenvalue weighted by Crippen LogP contribution is 2.32. The highest BCUT2D eigenvalue weighted by atomic mass is 32.1. The first-order valence-corrected chi connectivity index (χ1v) is 7.60. The summed E-state index contributed by atoms with van der Waals surface area (Å²) in [5, 5.41) is 1.11. The summed E-state index contributed by atoms with van der Waals surface area (Å²) in [6, 6.07) is 8.30. The van der Waals surface area contributed by atoms with Crippen LogP contribution in [0.5, 0.6) is 0 Å². The van der Waals surface area contributed by atoms with Crippen molar-refractivity contribution in [3.8, 4) is 0 Å². The first kappa shape index (κ1) is 15.9. The number of carbonyl (C=O) groups is 1. The number of amides is 1. The Morgan fingerprint density at radius 2 is 2.19 bits per heavy atom. The Labute approximate surface area is 128 Å². The molecule has 0 saturated heterocycles. The maximum Gasteiger partial charge on any atom is 0.275 e. The van der Waals surface area contributed by atoms with Gasteiger partial charge < -0.3 is 4.74 Å². The molecule has 1 aromatic carbocycles. The van der Waals surface area contributed by atoms with Crippen molar-refractivity contribution in [3.05, 3.63) is 34.7 Å². The number of nitrogens with two attached hydrogens (primary N) is 1. The molecule has 1 atom stereocenters. The number of thiophene rings is 1. The molecular formula is C15H21N3O2S. The molecule has 2 rings (SSSR count). The number of rotatable bonds is 6. The predicted molar refractivity (Wildman–Crippen MR) is 86.3 cm³/mol. The highest BCUT2D eigenvalue weighted by Gasteiger charge is 2.20. The maximum atomic E-state index is 12.0. The van der Waals surface area contributed by atoms with E-state index < -0.39 is 0 Å². The number of fused-ring (bicyclic) bond motifs is 1. The van der Waals surface area contributed by atoms with Crippen LogP contribution in [0.25, 0.3) is 10.1 Å².